The molecule has 40 heavy (non-hydrogen) atoms. The molecule has 3 aromatic carbocycles. The lowest BCUT2D eigenvalue weighted by Crippen LogP contribution is -2.44. The monoisotopic (exact) mass is 550 g/mol. The first-order chi connectivity index (χ1) is 19.3. The molecule has 0 N–H and O–H groups in total. The summed E-state index contributed by atoms with van der Waals surface area (Å²) in [7, 11) is 1.65. The maximum atomic E-state index is 13.2. The van der Waals surface area contributed by atoms with Crippen molar-refractivity contribution in [1.82, 2.24) is 14.7 Å². The summed E-state index contributed by atoms with van der Waals surface area (Å²) in [5.74, 6) is 0.803. The van der Waals surface area contributed by atoms with Crippen molar-refractivity contribution in [2.24, 2.45) is 5.41 Å². The van der Waals surface area contributed by atoms with E-state index in [1.165, 1.54) is 5.57 Å². The molecular formula is C33H31ClN4O2. The number of hydrogen-bond acceptors (Lipinski definition) is 4. The van der Waals surface area contributed by atoms with Gasteiger partial charge in [0, 0.05) is 34.7 Å². The van der Waals surface area contributed by atoms with Crippen LogP contribution in [-0.2, 0) is 6.54 Å². The van der Waals surface area contributed by atoms with Crippen LogP contribution in [0.4, 0.5) is 0 Å². The summed E-state index contributed by atoms with van der Waals surface area (Å²) in [5, 5.41) is 15.0. The fourth-order valence-electron chi connectivity index (χ4n) is 5.19. The molecule has 4 aromatic rings. The molecule has 7 heteroatoms. The van der Waals surface area contributed by atoms with Crippen LogP contribution in [0.15, 0.2) is 84.4 Å². The second-order valence-corrected chi connectivity index (χ2v) is 11.1. The van der Waals surface area contributed by atoms with Gasteiger partial charge in [-0.1, -0.05) is 61.4 Å². The summed E-state index contributed by atoms with van der Waals surface area (Å²) >= 11 is 6.13. The van der Waals surface area contributed by atoms with Crippen molar-refractivity contribution in [3.63, 3.8) is 0 Å². The first-order valence-electron chi connectivity index (χ1n) is 13.2. The number of amides is 1. The molecule has 6 nitrogen and oxygen atoms in total. The molecule has 0 atom stereocenters. The van der Waals surface area contributed by atoms with Gasteiger partial charge >= 0.3 is 0 Å². The van der Waals surface area contributed by atoms with Gasteiger partial charge in [-0.15, -0.1) is 0 Å². The van der Waals surface area contributed by atoms with E-state index in [1.807, 2.05) is 64.2 Å². The van der Waals surface area contributed by atoms with E-state index in [-0.39, 0.29) is 11.3 Å². The zero-order chi connectivity index (χ0) is 28.3. The molecule has 5 rings (SSSR count). The minimum absolute atomic E-state index is 0.00180. The minimum atomic E-state index is -0.229. The van der Waals surface area contributed by atoms with Crippen LogP contribution in [-0.4, -0.2) is 40.8 Å². The summed E-state index contributed by atoms with van der Waals surface area (Å²) in [5.41, 5.74) is 6.04. The van der Waals surface area contributed by atoms with Gasteiger partial charge in [0.05, 0.1) is 36.7 Å². The zero-order valence-corrected chi connectivity index (χ0v) is 23.7. The Hall–Kier alpha value is -4.34. The highest BCUT2D eigenvalue weighted by Gasteiger charge is 2.33. The van der Waals surface area contributed by atoms with Crippen LogP contribution >= 0.6 is 11.6 Å². The van der Waals surface area contributed by atoms with E-state index in [0.717, 1.165) is 34.7 Å². The van der Waals surface area contributed by atoms with Crippen LogP contribution < -0.4 is 4.74 Å². The smallest absolute Gasteiger partial charge is 0.253 e. The lowest BCUT2D eigenvalue weighted by Gasteiger charge is -2.40. The van der Waals surface area contributed by atoms with Crippen molar-refractivity contribution in [2.45, 2.75) is 26.8 Å². The highest BCUT2D eigenvalue weighted by atomic mass is 35.5. The summed E-state index contributed by atoms with van der Waals surface area (Å²) < 4.78 is 7.29. The Labute approximate surface area is 240 Å². The van der Waals surface area contributed by atoms with Gasteiger partial charge in [0.1, 0.15) is 5.75 Å². The molecule has 0 saturated carbocycles. The molecule has 0 radical (unpaired) electrons. The predicted octanol–water partition coefficient (Wildman–Crippen LogP) is 7.09. The number of hydrogen-bond donors (Lipinski definition) is 0. The maximum absolute atomic E-state index is 13.2. The van der Waals surface area contributed by atoms with Crippen molar-refractivity contribution in [1.29, 1.82) is 5.26 Å². The van der Waals surface area contributed by atoms with Gasteiger partial charge in [-0.05, 0) is 66.6 Å². The Balaban J connectivity index is 1.44. The molecule has 0 bridgehead atoms. The number of methoxy groups -OCH3 is 1. The van der Waals surface area contributed by atoms with Gasteiger partial charge in [0.25, 0.3) is 5.91 Å². The third kappa shape index (κ3) is 5.95. The number of halogens is 1. The number of carbonyl (C=O) groups is 1. The number of aromatic nitrogens is 2. The Morgan fingerprint density at radius 2 is 1.88 bits per heavy atom. The van der Waals surface area contributed by atoms with Crippen LogP contribution in [0.2, 0.25) is 5.02 Å². The van der Waals surface area contributed by atoms with Crippen molar-refractivity contribution in [3.05, 3.63) is 112 Å². The van der Waals surface area contributed by atoms with Crippen LogP contribution in [0.5, 0.6) is 5.75 Å². The Kier molecular flexibility index (Phi) is 7.77. The molecule has 1 aliphatic rings. The standard InChI is InChI=1S/C33H31ClN4O2/c1-33(2)22-37(32(39)26-8-5-9-28(34)17-26)15-14-27(33)18-29-19-31(25-7-4-6-24(16-25)20-35)38(36-29)21-23-10-12-30(40-3)13-11-23/h4-13,16-19H,14-15,21-22H2,1-3H3/b27-18+. The lowest BCUT2D eigenvalue weighted by atomic mass is 9.78. The number of ether oxygens (including phenoxy) is 1. The van der Waals surface area contributed by atoms with Crippen molar-refractivity contribution in [2.75, 3.05) is 20.2 Å². The molecule has 0 unspecified atom stereocenters. The van der Waals surface area contributed by atoms with Crippen molar-refractivity contribution in [3.8, 4) is 23.1 Å². The molecule has 2 heterocycles. The Bertz CT molecular complexity index is 1610. The van der Waals surface area contributed by atoms with E-state index in [2.05, 4.69) is 32.1 Å². The van der Waals surface area contributed by atoms with Crippen LogP contribution in [0.3, 0.4) is 0 Å². The number of benzene rings is 3. The van der Waals surface area contributed by atoms with E-state index in [9.17, 15) is 10.1 Å². The van der Waals surface area contributed by atoms with E-state index < -0.39 is 0 Å². The molecule has 1 saturated heterocycles. The molecule has 1 amide bonds. The van der Waals surface area contributed by atoms with Gasteiger partial charge in [-0.3, -0.25) is 9.48 Å². The van der Waals surface area contributed by atoms with Crippen LogP contribution in [0.1, 0.15) is 47.4 Å². The third-order valence-corrected chi connectivity index (χ3v) is 7.60. The second kappa shape index (κ2) is 11.4. The predicted molar refractivity (Wildman–Crippen MR) is 158 cm³/mol. The second-order valence-electron chi connectivity index (χ2n) is 10.7. The first-order valence-corrected chi connectivity index (χ1v) is 13.6. The molecule has 0 aliphatic carbocycles. The summed E-state index contributed by atoms with van der Waals surface area (Å²) in [4.78, 5) is 15.1. The number of nitrogens with zero attached hydrogens (tertiary/aromatic N) is 4. The Morgan fingerprint density at radius 1 is 1.10 bits per heavy atom. The van der Waals surface area contributed by atoms with Crippen LogP contribution in [0.25, 0.3) is 17.3 Å². The highest BCUT2D eigenvalue weighted by Crippen LogP contribution is 2.37. The van der Waals surface area contributed by atoms with E-state index >= 15 is 0 Å². The molecule has 0 spiro atoms. The lowest BCUT2D eigenvalue weighted by molar-refractivity contribution is 0.0664. The average Bonchev–Trinajstić information content (AvgIpc) is 3.36. The highest BCUT2D eigenvalue weighted by molar-refractivity contribution is 6.30. The summed E-state index contributed by atoms with van der Waals surface area (Å²) in [6, 6.07) is 27.0. The average molecular weight is 551 g/mol. The topological polar surface area (TPSA) is 71.2 Å². The number of nitriles is 1. The molecule has 1 aromatic heterocycles. The van der Waals surface area contributed by atoms with E-state index in [0.29, 0.717) is 35.8 Å². The van der Waals surface area contributed by atoms with Crippen molar-refractivity contribution < 1.29 is 9.53 Å². The number of carbonyl (C=O) groups excluding carboxylic acids is 1. The fourth-order valence-corrected chi connectivity index (χ4v) is 5.38. The first kappa shape index (κ1) is 27.2. The summed E-state index contributed by atoms with van der Waals surface area (Å²) in [6.45, 7) is 6.15. The maximum Gasteiger partial charge on any atom is 0.253 e. The fraction of sp³-hybridized carbons (Fsp3) is 0.242. The Morgan fingerprint density at radius 3 is 2.58 bits per heavy atom. The normalized spacial score (nSPS) is 15.6. The number of piperidine rings is 1. The third-order valence-electron chi connectivity index (χ3n) is 7.37. The zero-order valence-electron chi connectivity index (χ0n) is 22.9. The number of rotatable bonds is 6. The van der Waals surface area contributed by atoms with E-state index in [4.69, 9.17) is 21.4 Å². The molecule has 1 aliphatic heterocycles. The van der Waals surface area contributed by atoms with Gasteiger partial charge in [0.15, 0.2) is 0 Å². The summed E-state index contributed by atoms with van der Waals surface area (Å²) in [6.07, 6.45) is 2.91. The minimum Gasteiger partial charge on any atom is -0.497 e. The quantitative estimate of drug-likeness (QED) is 0.257. The van der Waals surface area contributed by atoms with Gasteiger partial charge < -0.3 is 9.64 Å². The SMILES string of the molecule is COc1ccc(Cn2nc(/C=C3\CCN(C(=O)c4cccc(Cl)c4)CC3(C)C)cc2-c2cccc(C#N)c2)cc1. The molecular weight excluding hydrogens is 520 g/mol. The largest absolute Gasteiger partial charge is 0.497 e. The molecule has 202 valence electrons. The van der Waals surface area contributed by atoms with Gasteiger partial charge in [-0.2, -0.15) is 10.4 Å². The van der Waals surface area contributed by atoms with Crippen LogP contribution in [0, 0.1) is 16.7 Å². The van der Waals surface area contributed by atoms with Crippen molar-refractivity contribution >= 4 is 23.6 Å². The van der Waals surface area contributed by atoms with Gasteiger partial charge in [0.2, 0.25) is 0 Å². The van der Waals surface area contributed by atoms with Gasteiger partial charge in [-0.25, -0.2) is 0 Å². The number of likely N-dealkylation sites (tertiary alicyclic amines) is 1. The van der Waals surface area contributed by atoms with E-state index in [1.54, 1.807) is 25.3 Å². The molecule has 1 fully saturated rings.